The van der Waals surface area contributed by atoms with E-state index in [1.807, 2.05) is 30.3 Å². The van der Waals surface area contributed by atoms with E-state index in [4.69, 9.17) is 13.9 Å². The third-order valence-electron chi connectivity index (χ3n) is 3.21. The molecule has 0 atom stereocenters. The Hall–Kier alpha value is -3.21. The van der Waals surface area contributed by atoms with Gasteiger partial charge in [-0.3, -0.25) is 4.79 Å². The van der Waals surface area contributed by atoms with Gasteiger partial charge in [0.1, 0.15) is 23.0 Å². The van der Waals surface area contributed by atoms with Crippen molar-refractivity contribution in [2.45, 2.75) is 6.54 Å². The first-order valence-electron chi connectivity index (χ1n) is 7.54. The summed E-state index contributed by atoms with van der Waals surface area (Å²) in [6.45, 7) is 0.290. The molecule has 1 heterocycles. The van der Waals surface area contributed by atoms with Crippen LogP contribution in [0, 0.1) is 0 Å². The molecular formula is C19H17NO4. The Morgan fingerprint density at radius 3 is 2.29 bits per heavy atom. The van der Waals surface area contributed by atoms with Gasteiger partial charge < -0.3 is 19.2 Å². The number of benzene rings is 2. The van der Waals surface area contributed by atoms with Crippen LogP contribution in [-0.2, 0) is 11.3 Å². The number of carbonyl (C=O) groups excluding carboxylic acids is 1. The zero-order valence-corrected chi connectivity index (χ0v) is 13.0. The highest BCUT2D eigenvalue weighted by Gasteiger charge is 2.04. The van der Waals surface area contributed by atoms with Crippen LogP contribution in [-0.4, -0.2) is 12.5 Å². The van der Waals surface area contributed by atoms with E-state index in [-0.39, 0.29) is 12.5 Å². The highest BCUT2D eigenvalue weighted by Crippen LogP contribution is 2.23. The van der Waals surface area contributed by atoms with Crippen LogP contribution in [0.2, 0.25) is 0 Å². The number of furan rings is 1. The molecule has 24 heavy (non-hydrogen) atoms. The van der Waals surface area contributed by atoms with Gasteiger partial charge in [0.2, 0.25) is 0 Å². The van der Waals surface area contributed by atoms with E-state index in [0.29, 0.717) is 23.8 Å². The minimum atomic E-state index is -0.212. The van der Waals surface area contributed by atoms with E-state index >= 15 is 0 Å². The van der Waals surface area contributed by atoms with Crippen molar-refractivity contribution in [3.05, 3.63) is 78.8 Å². The average Bonchev–Trinajstić information content (AvgIpc) is 3.14. The molecule has 1 aromatic heterocycles. The van der Waals surface area contributed by atoms with Gasteiger partial charge in [-0.2, -0.15) is 0 Å². The molecule has 0 saturated heterocycles. The van der Waals surface area contributed by atoms with E-state index in [1.54, 1.807) is 42.7 Å². The molecule has 0 fully saturated rings. The van der Waals surface area contributed by atoms with Crippen LogP contribution in [0.1, 0.15) is 5.76 Å². The Kier molecular flexibility index (Phi) is 5.14. The Bertz CT molecular complexity index is 752. The second-order valence-corrected chi connectivity index (χ2v) is 5.03. The molecule has 5 heteroatoms. The van der Waals surface area contributed by atoms with E-state index in [0.717, 1.165) is 5.75 Å². The summed E-state index contributed by atoms with van der Waals surface area (Å²) in [6, 6.07) is 20.2. The maximum absolute atomic E-state index is 11.7. The summed E-state index contributed by atoms with van der Waals surface area (Å²) in [4.78, 5) is 11.7. The predicted octanol–water partition coefficient (Wildman–Crippen LogP) is 3.77. The maximum Gasteiger partial charge on any atom is 0.258 e. The number of amides is 1. The number of rotatable bonds is 7. The van der Waals surface area contributed by atoms with Crippen molar-refractivity contribution in [2.75, 3.05) is 6.61 Å². The summed E-state index contributed by atoms with van der Waals surface area (Å²) in [5.41, 5.74) is 0. The summed E-state index contributed by atoms with van der Waals surface area (Å²) in [7, 11) is 0. The molecule has 122 valence electrons. The molecule has 0 spiro atoms. The summed E-state index contributed by atoms with van der Waals surface area (Å²) in [5, 5.41) is 2.72. The average molecular weight is 323 g/mol. The van der Waals surface area contributed by atoms with E-state index < -0.39 is 0 Å². The smallest absolute Gasteiger partial charge is 0.258 e. The molecule has 3 rings (SSSR count). The first-order valence-corrected chi connectivity index (χ1v) is 7.54. The van der Waals surface area contributed by atoms with Gasteiger partial charge in [0.05, 0.1) is 12.8 Å². The van der Waals surface area contributed by atoms with E-state index in [1.165, 1.54) is 0 Å². The molecule has 0 aliphatic rings. The lowest BCUT2D eigenvalue weighted by Crippen LogP contribution is -2.28. The Morgan fingerprint density at radius 1 is 0.875 bits per heavy atom. The fraction of sp³-hybridized carbons (Fsp3) is 0.105. The van der Waals surface area contributed by atoms with Crippen LogP contribution in [0.5, 0.6) is 17.2 Å². The van der Waals surface area contributed by atoms with Crippen molar-refractivity contribution in [3.8, 4) is 17.2 Å². The second kappa shape index (κ2) is 7.87. The molecule has 0 aliphatic heterocycles. The van der Waals surface area contributed by atoms with Gasteiger partial charge in [0, 0.05) is 0 Å². The van der Waals surface area contributed by atoms with Gasteiger partial charge in [-0.25, -0.2) is 0 Å². The number of carbonyl (C=O) groups is 1. The van der Waals surface area contributed by atoms with Gasteiger partial charge in [0.15, 0.2) is 6.61 Å². The van der Waals surface area contributed by atoms with Crippen LogP contribution in [0.3, 0.4) is 0 Å². The van der Waals surface area contributed by atoms with Crippen molar-refractivity contribution < 1.29 is 18.7 Å². The Balaban J connectivity index is 1.45. The fourth-order valence-corrected chi connectivity index (χ4v) is 2.03. The van der Waals surface area contributed by atoms with E-state index in [2.05, 4.69) is 5.32 Å². The van der Waals surface area contributed by atoms with Crippen molar-refractivity contribution in [1.82, 2.24) is 5.32 Å². The number of hydrogen-bond donors (Lipinski definition) is 1. The number of para-hydroxylation sites is 1. The van der Waals surface area contributed by atoms with Crippen LogP contribution in [0.4, 0.5) is 0 Å². The molecule has 5 nitrogen and oxygen atoms in total. The minimum absolute atomic E-state index is 0.0560. The standard InChI is InChI=1S/C19H17NO4/c21-19(20-13-18-7-4-12-22-18)14-23-15-8-10-17(11-9-15)24-16-5-2-1-3-6-16/h1-12H,13-14H2,(H,20,21). The summed E-state index contributed by atoms with van der Waals surface area (Å²) in [5.74, 6) is 2.56. The Morgan fingerprint density at radius 2 is 1.58 bits per heavy atom. The number of nitrogens with one attached hydrogen (secondary N) is 1. The SMILES string of the molecule is O=C(COc1ccc(Oc2ccccc2)cc1)NCc1ccco1. The second-order valence-electron chi connectivity index (χ2n) is 5.03. The van der Waals surface area contributed by atoms with Gasteiger partial charge in [-0.1, -0.05) is 18.2 Å². The molecular weight excluding hydrogens is 306 g/mol. The number of hydrogen-bond acceptors (Lipinski definition) is 4. The van der Waals surface area contributed by atoms with Crippen LogP contribution in [0.25, 0.3) is 0 Å². The van der Waals surface area contributed by atoms with Crippen molar-refractivity contribution in [1.29, 1.82) is 0 Å². The molecule has 0 bridgehead atoms. The zero-order chi connectivity index (χ0) is 16.6. The fourth-order valence-electron chi connectivity index (χ4n) is 2.03. The summed E-state index contributed by atoms with van der Waals surface area (Å²) in [6.07, 6.45) is 1.57. The van der Waals surface area contributed by atoms with Gasteiger partial charge in [-0.15, -0.1) is 0 Å². The largest absolute Gasteiger partial charge is 0.484 e. The molecule has 0 unspecified atom stereocenters. The van der Waals surface area contributed by atoms with Gasteiger partial charge >= 0.3 is 0 Å². The highest BCUT2D eigenvalue weighted by atomic mass is 16.5. The first-order chi connectivity index (χ1) is 11.8. The quantitative estimate of drug-likeness (QED) is 0.719. The summed E-state index contributed by atoms with van der Waals surface area (Å²) < 4.78 is 16.3. The molecule has 0 radical (unpaired) electrons. The molecule has 1 N–H and O–H groups in total. The number of ether oxygens (including phenoxy) is 2. The summed E-state index contributed by atoms with van der Waals surface area (Å²) >= 11 is 0. The van der Waals surface area contributed by atoms with Crippen LogP contribution >= 0.6 is 0 Å². The topological polar surface area (TPSA) is 60.7 Å². The zero-order valence-electron chi connectivity index (χ0n) is 13.0. The molecule has 3 aromatic rings. The lowest BCUT2D eigenvalue weighted by Gasteiger charge is -2.08. The predicted molar refractivity (Wildman–Crippen MR) is 89.0 cm³/mol. The molecule has 0 aliphatic carbocycles. The molecule has 2 aromatic carbocycles. The third-order valence-corrected chi connectivity index (χ3v) is 3.21. The lowest BCUT2D eigenvalue weighted by molar-refractivity contribution is -0.123. The van der Waals surface area contributed by atoms with Gasteiger partial charge in [-0.05, 0) is 48.5 Å². The monoisotopic (exact) mass is 323 g/mol. The van der Waals surface area contributed by atoms with E-state index in [9.17, 15) is 4.79 Å². The Labute approximate surface area is 139 Å². The molecule has 0 saturated carbocycles. The minimum Gasteiger partial charge on any atom is -0.484 e. The molecule has 1 amide bonds. The van der Waals surface area contributed by atoms with Crippen molar-refractivity contribution in [2.24, 2.45) is 0 Å². The maximum atomic E-state index is 11.7. The first kappa shape index (κ1) is 15.7. The highest BCUT2D eigenvalue weighted by molar-refractivity contribution is 5.77. The van der Waals surface area contributed by atoms with Crippen LogP contribution < -0.4 is 14.8 Å². The van der Waals surface area contributed by atoms with Crippen molar-refractivity contribution >= 4 is 5.91 Å². The van der Waals surface area contributed by atoms with Gasteiger partial charge in [0.25, 0.3) is 5.91 Å². The lowest BCUT2D eigenvalue weighted by atomic mass is 10.3. The normalized spacial score (nSPS) is 10.2. The van der Waals surface area contributed by atoms with Crippen molar-refractivity contribution in [3.63, 3.8) is 0 Å². The van der Waals surface area contributed by atoms with Crippen LogP contribution in [0.15, 0.2) is 77.4 Å². The third kappa shape index (κ3) is 4.64.